The molecule has 0 unspecified atom stereocenters. The number of hydrogen-bond acceptors (Lipinski definition) is 7. The lowest BCUT2D eigenvalue weighted by Gasteiger charge is -2.39. The van der Waals surface area contributed by atoms with Crippen LogP contribution in [0, 0.1) is 5.92 Å². The molecular weight excluding hydrogens is 420 g/mol. The summed E-state index contributed by atoms with van der Waals surface area (Å²) < 4.78 is 10.4. The van der Waals surface area contributed by atoms with Gasteiger partial charge in [-0.05, 0) is 57.6 Å². The molecule has 2 aliphatic heterocycles. The number of esters is 1. The second-order valence-electron chi connectivity index (χ2n) is 9.34. The average molecular weight is 461 g/mol. The number of aryl methyl sites for hydroxylation is 2. The molecule has 0 aliphatic carbocycles. The van der Waals surface area contributed by atoms with Gasteiger partial charge in [0.25, 0.3) is 0 Å². The Balaban J connectivity index is 1.36. The van der Waals surface area contributed by atoms with E-state index in [1.165, 1.54) is 19.1 Å². The van der Waals surface area contributed by atoms with Crippen molar-refractivity contribution < 1.29 is 19.1 Å². The smallest absolute Gasteiger partial charge is 0.318 e. The van der Waals surface area contributed by atoms with Crippen LogP contribution in [0.15, 0.2) is 12.1 Å². The Kier molecular flexibility index (Phi) is 9.94. The lowest BCUT2D eigenvalue weighted by molar-refractivity contribution is -0.154. The molecule has 1 fully saturated rings. The highest BCUT2D eigenvalue weighted by molar-refractivity contribution is 5.97. The zero-order valence-electron chi connectivity index (χ0n) is 20.4. The van der Waals surface area contributed by atoms with Crippen molar-refractivity contribution in [2.45, 2.75) is 83.7 Å². The monoisotopic (exact) mass is 460 g/mol. The molecule has 0 bridgehead atoms. The van der Waals surface area contributed by atoms with Gasteiger partial charge in [0.2, 0.25) is 5.91 Å². The summed E-state index contributed by atoms with van der Waals surface area (Å²) in [5.74, 6) is -0.459. The minimum absolute atomic E-state index is 0.0661. The first-order valence-electron chi connectivity index (χ1n) is 12.5. The number of carbonyl (C=O) groups is 2. The molecule has 0 spiro atoms. The Morgan fingerprint density at radius 1 is 1.18 bits per heavy atom. The van der Waals surface area contributed by atoms with Crippen LogP contribution in [0.2, 0.25) is 0 Å². The number of nitrogens with one attached hydrogen (secondary N) is 2. The van der Waals surface area contributed by atoms with E-state index in [9.17, 15) is 9.59 Å². The van der Waals surface area contributed by atoms with E-state index in [4.69, 9.17) is 14.5 Å². The molecule has 0 radical (unpaired) electrons. The predicted octanol–water partition coefficient (Wildman–Crippen LogP) is 3.25. The minimum atomic E-state index is -0.774. The number of unbranched alkanes of at least 4 members (excludes halogenated alkanes) is 4. The first-order chi connectivity index (χ1) is 16.0. The first-order valence-corrected chi connectivity index (χ1v) is 12.5. The van der Waals surface area contributed by atoms with Gasteiger partial charge in [0.05, 0.1) is 32.4 Å². The summed E-state index contributed by atoms with van der Waals surface area (Å²) in [7, 11) is 1.34. The highest BCUT2D eigenvalue weighted by Crippen LogP contribution is 2.21. The van der Waals surface area contributed by atoms with Crippen LogP contribution in [0.4, 0.5) is 5.82 Å². The zero-order valence-corrected chi connectivity index (χ0v) is 20.4. The Morgan fingerprint density at radius 2 is 1.91 bits per heavy atom. The van der Waals surface area contributed by atoms with Crippen molar-refractivity contribution in [2.75, 3.05) is 32.2 Å². The number of amides is 1. The molecule has 2 aliphatic rings. The summed E-state index contributed by atoms with van der Waals surface area (Å²) in [5.41, 5.74) is 5.41. The van der Waals surface area contributed by atoms with E-state index in [2.05, 4.69) is 22.9 Å². The molecular formula is C25H40N4O4. The summed E-state index contributed by atoms with van der Waals surface area (Å²) >= 11 is 0. The van der Waals surface area contributed by atoms with Crippen molar-refractivity contribution in [1.82, 2.24) is 15.4 Å². The molecule has 3 rings (SSSR count). The minimum Gasteiger partial charge on any atom is -0.468 e. The number of fused-ring (bicyclic) bond motifs is 1. The van der Waals surface area contributed by atoms with E-state index < -0.39 is 11.9 Å². The predicted molar refractivity (Wildman–Crippen MR) is 128 cm³/mol. The molecule has 0 aromatic carbocycles. The van der Waals surface area contributed by atoms with Gasteiger partial charge in [-0.15, -0.1) is 0 Å². The highest BCUT2D eigenvalue weighted by atomic mass is 16.5. The molecule has 1 aromatic heterocycles. The number of carbonyl (C=O) groups excluding carboxylic acids is 2. The molecule has 33 heavy (non-hydrogen) atoms. The van der Waals surface area contributed by atoms with Crippen molar-refractivity contribution in [3.63, 3.8) is 0 Å². The number of ether oxygens (including phenoxy) is 2. The largest absolute Gasteiger partial charge is 0.468 e. The molecule has 184 valence electrons. The summed E-state index contributed by atoms with van der Waals surface area (Å²) in [5, 5.41) is 5.29. The lowest BCUT2D eigenvalue weighted by Crippen LogP contribution is -2.59. The number of nitrogens with zero attached hydrogens (tertiary/aromatic N) is 2. The number of hydrogen-bond donors (Lipinski definition) is 2. The Bertz CT molecular complexity index is 778. The maximum absolute atomic E-state index is 12.8. The molecule has 3 heterocycles. The van der Waals surface area contributed by atoms with Crippen LogP contribution >= 0.6 is 0 Å². The van der Waals surface area contributed by atoms with Gasteiger partial charge in [0.1, 0.15) is 11.7 Å². The number of pyridine rings is 1. The number of anilines is 1. The number of methoxy groups -OCH3 is 1. The summed E-state index contributed by atoms with van der Waals surface area (Å²) in [6.45, 7) is 6.13. The van der Waals surface area contributed by atoms with E-state index in [1.807, 2.05) is 18.9 Å². The van der Waals surface area contributed by atoms with Gasteiger partial charge in [0.15, 0.2) is 0 Å². The van der Waals surface area contributed by atoms with Crippen LogP contribution in [0.1, 0.15) is 70.1 Å². The van der Waals surface area contributed by atoms with E-state index in [0.29, 0.717) is 19.6 Å². The Hall–Kier alpha value is -2.19. The molecule has 2 N–H and O–H groups in total. The number of morpholine rings is 1. The zero-order chi connectivity index (χ0) is 23.6. The van der Waals surface area contributed by atoms with Gasteiger partial charge in [0, 0.05) is 12.2 Å². The molecule has 8 heteroatoms. The van der Waals surface area contributed by atoms with E-state index in [-0.39, 0.29) is 18.0 Å². The van der Waals surface area contributed by atoms with E-state index in [1.54, 1.807) is 0 Å². The third-order valence-electron chi connectivity index (χ3n) is 6.59. The second-order valence-corrected chi connectivity index (χ2v) is 9.34. The molecule has 8 nitrogen and oxygen atoms in total. The molecule has 0 saturated carbocycles. The summed E-state index contributed by atoms with van der Waals surface area (Å²) in [6, 6.07) is 4.50. The second kappa shape index (κ2) is 12.9. The van der Waals surface area contributed by atoms with Crippen LogP contribution in [-0.4, -0.2) is 60.8 Å². The Labute approximate surface area is 197 Å². The van der Waals surface area contributed by atoms with Gasteiger partial charge in [-0.25, -0.2) is 9.99 Å². The van der Waals surface area contributed by atoms with Crippen molar-refractivity contribution in [2.24, 2.45) is 5.92 Å². The topological polar surface area (TPSA) is 92.8 Å². The van der Waals surface area contributed by atoms with Crippen LogP contribution in [0.3, 0.4) is 0 Å². The van der Waals surface area contributed by atoms with Gasteiger partial charge in [-0.3, -0.25) is 15.0 Å². The van der Waals surface area contributed by atoms with Crippen molar-refractivity contribution >= 4 is 17.7 Å². The molecule has 1 saturated heterocycles. The summed E-state index contributed by atoms with van der Waals surface area (Å²) in [6.07, 6.45) is 8.89. The van der Waals surface area contributed by atoms with Crippen LogP contribution < -0.4 is 10.7 Å². The van der Waals surface area contributed by atoms with Crippen molar-refractivity contribution in [3.8, 4) is 0 Å². The third kappa shape index (κ3) is 7.40. The third-order valence-corrected chi connectivity index (χ3v) is 6.59. The first kappa shape index (κ1) is 25.4. The maximum atomic E-state index is 12.8. The number of aromatic nitrogens is 1. The van der Waals surface area contributed by atoms with Gasteiger partial charge in [-0.1, -0.05) is 31.7 Å². The fourth-order valence-corrected chi connectivity index (χ4v) is 4.62. The molecule has 1 amide bonds. The fraction of sp³-hybridized carbons (Fsp3) is 0.720. The standard InChI is InChI=1S/C25H40N4O4/c1-18-16-33-17-19(2)29(18)28-24(30)22(25(31)32-3)12-8-6-4-5-7-11-21-14-13-20-10-9-15-26-23(20)27-21/h13-14,18-19,22H,4-12,15-17H2,1-3H3,(H,26,27)(H,28,30)/t18-,19-,22-/m0/s1. The molecule has 3 atom stereocenters. The van der Waals surface area contributed by atoms with Gasteiger partial charge < -0.3 is 14.8 Å². The van der Waals surface area contributed by atoms with Crippen LogP contribution in [-0.2, 0) is 31.9 Å². The number of hydrazine groups is 1. The SMILES string of the molecule is COC(=O)[C@@H](CCCCCCCc1ccc2c(n1)NCCC2)C(=O)NN1[C@@H](C)COC[C@@H]1C. The van der Waals surface area contributed by atoms with E-state index in [0.717, 1.165) is 63.0 Å². The van der Waals surface area contributed by atoms with Gasteiger partial charge in [-0.2, -0.15) is 0 Å². The fourth-order valence-electron chi connectivity index (χ4n) is 4.62. The van der Waals surface area contributed by atoms with E-state index >= 15 is 0 Å². The van der Waals surface area contributed by atoms with Crippen LogP contribution in [0.5, 0.6) is 0 Å². The van der Waals surface area contributed by atoms with Crippen molar-refractivity contribution in [1.29, 1.82) is 0 Å². The van der Waals surface area contributed by atoms with Gasteiger partial charge >= 0.3 is 5.97 Å². The Morgan fingerprint density at radius 3 is 2.67 bits per heavy atom. The molecule has 1 aromatic rings. The average Bonchev–Trinajstić information content (AvgIpc) is 2.82. The quantitative estimate of drug-likeness (QED) is 0.297. The maximum Gasteiger partial charge on any atom is 0.318 e. The normalized spacial score (nSPS) is 21.5. The lowest BCUT2D eigenvalue weighted by atomic mass is 9.99. The number of rotatable bonds is 11. The van der Waals surface area contributed by atoms with Crippen molar-refractivity contribution in [3.05, 3.63) is 23.4 Å². The highest BCUT2D eigenvalue weighted by Gasteiger charge is 2.32. The van der Waals surface area contributed by atoms with Crippen LogP contribution in [0.25, 0.3) is 0 Å². The summed E-state index contributed by atoms with van der Waals surface area (Å²) in [4.78, 5) is 29.8.